The number of amides is 2. The first-order valence-electron chi connectivity index (χ1n) is 9.07. The van der Waals surface area contributed by atoms with Crippen molar-refractivity contribution in [1.29, 1.82) is 0 Å². The molecule has 2 aromatic rings. The van der Waals surface area contributed by atoms with Crippen LogP contribution in [0.2, 0.25) is 0 Å². The molecule has 2 rings (SSSR count). The monoisotopic (exact) mass is 388 g/mol. The maximum atomic E-state index is 12.5. The van der Waals surface area contributed by atoms with Crippen LogP contribution in [0.15, 0.2) is 36.7 Å². The number of ether oxygens (including phenoxy) is 2. The van der Waals surface area contributed by atoms with Gasteiger partial charge in [-0.3, -0.25) is 4.79 Å². The second-order valence-corrected chi connectivity index (χ2v) is 7.35. The quantitative estimate of drug-likeness (QED) is 0.760. The van der Waals surface area contributed by atoms with Gasteiger partial charge in [0.05, 0.1) is 7.11 Å². The van der Waals surface area contributed by atoms with E-state index < -0.39 is 17.7 Å². The Labute approximate surface area is 165 Å². The Hall–Kier alpha value is -3.03. The SMILES string of the molecule is COc1ccc([C@H](NC(=O)CCNC(=O)OC(C)(C)C)c2nccn2C)cc1. The van der Waals surface area contributed by atoms with Crippen LogP contribution < -0.4 is 15.4 Å². The van der Waals surface area contributed by atoms with Crippen LogP contribution in [-0.4, -0.2) is 40.8 Å². The smallest absolute Gasteiger partial charge is 0.407 e. The fourth-order valence-electron chi connectivity index (χ4n) is 2.57. The van der Waals surface area contributed by atoms with Gasteiger partial charge in [-0.25, -0.2) is 9.78 Å². The Morgan fingerprint density at radius 1 is 1.21 bits per heavy atom. The van der Waals surface area contributed by atoms with Gasteiger partial charge in [-0.1, -0.05) is 12.1 Å². The highest BCUT2D eigenvalue weighted by Crippen LogP contribution is 2.23. The van der Waals surface area contributed by atoms with Crippen molar-refractivity contribution < 1.29 is 19.1 Å². The van der Waals surface area contributed by atoms with E-state index in [1.54, 1.807) is 34.1 Å². The molecule has 0 saturated heterocycles. The zero-order valence-electron chi connectivity index (χ0n) is 17.0. The molecule has 0 aliphatic heterocycles. The van der Waals surface area contributed by atoms with E-state index in [-0.39, 0.29) is 18.9 Å². The highest BCUT2D eigenvalue weighted by atomic mass is 16.6. The molecule has 152 valence electrons. The molecule has 1 atom stereocenters. The van der Waals surface area contributed by atoms with Crippen molar-refractivity contribution in [3.63, 3.8) is 0 Å². The second-order valence-electron chi connectivity index (χ2n) is 7.35. The molecule has 2 N–H and O–H groups in total. The predicted octanol–water partition coefficient (Wildman–Crippen LogP) is 2.55. The van der Waals surface area contributed by atoms with E-state index >= 15 is 0 Å². The van der Waals surface area contributed by atoms with Gasteiger partial charge in [0, 0.05) is 32.4 Å². The summed E-state index contributed by atoms with van der Waals surface area (Å²) in [5.41, 5.74) is 0.299. The van der Waals surface area contributed by atoms with Crippen LogP contribution >= 0.6 is 0 Å². The molecule has 0 radical (unpaired) electrons. The minimum absolute atomic E-state index is 0.121. The molecule has 0 spiro atoms. The summed E-state index contributed by atoms with van der Waals surface area (Å²) in [6.07, 6.45) is 3.08. The minimum Gasteiger partial charge on any atom is -0.497 e. The Balaban J connectivity index is 2.01. The van der Waals surface area contributed by atoms with Gasteiger partial charge < -0.3 is 24.7 Å². The molecule has 8 heteroatoms. The third kappa shape index (κ3) is 6.29. The number of nitrogens with zero attached hydrogens (tertiary/aromatic N) is 2. The van der Waals surface area contributed by atoms with Crippen molar-refractivity contribution >= 4 is 12.0 Å². The average Bonchev–Trinajstić information content (AvgIpc) is 3.04. The van der Waals surface area contributed by atoms with Crippen molar-refractivity contribution in [2.45, 2.75) is 38.8 Å². The molecule has 0 bridgehead atoms. The van der Waals surface area contributed by atoms with Gasteiger partial charge in [-0.05, 0) is 38.5 Å². The number of aryl methyl sites for hydroxylation is 1. The summed E-state index contributed by atoms with van der Waals surface area (Å²) in [5.74, 6) is 1.23. The molecule has 1 heterocycles. The standard InChI is InChI=1S/C20H28N4O4/c1-20(2,3)28-19(26)22-11-10-16(25)23-17(18-21-12-13-24(18)4)14-6-8-15(27-5)9-7-14/h6-9,12-13,17H,10-11H2,1-5H3,(H,22,26)(H,23,25)/t17-/m0/s1. The number of alkyl carbamates (subject to hydrolysis) is 1. The maximum absolute atomic E-state index is 12.5. The first-order chi connectivity index (χ1) is 13.2. The zero-order chi connectivity index (χ0) is 20.7. The number of aromatic nitrogens is 2. The lowest BCUT2D eigenvalue weighted by Gasteiger charge is -2.21. The van der Waals surface area contributed by atoms with Crippen molar-refractivity contribution in [3.8, 4) is 5.75 Å². The lowest BCUT2D eigenvalue weighted by atomic mass is 10.1. The van der Waals surface area contributed by atoms with Crippen molar-refractivity contribution in [1.82, 2.24) is 20.2 Å². The molecule has 0 aliphatic rings. The molecule has 28 heavy (non-hydrogen) atoms. The normalized spacial score (nSPS) is 12.2. The third-order valence-corrected chi connectivity index (χ3v) is 3.89. The van der Waals surface area contributed by atoms with Gasteiger partial charge in [0.1, 0.15) is 23.2 Å². The van der Waals surface area contributed by atoms with E-state index in [1.807, 2.05) is 42.1 Å². The number of hydrogen-bond acceptors (Lipinski definition) is 5. The molecule has 0 aliphatic carbocycles. The average molecular weight is 388 g/mol. The number of nitrogens with one attached hydrogen (secondary N) is 2. The molecule has 1 aromatic carbocycles. The summed E-state index contributed by atoms with van der Waals surface area (Å²) in [7, 11) is 3.47. The summed E-state index contributed by atoms with van der Waals surface area (Å²) < 4.78 is 12.2. The number of benzene rings is 1. The predicted molar refractivity (Wildman–Crippen MR) is 105 cm³/mol. The molecule has 0 saturated carbocycles. The Bertz CT molecular complexity index is 793. The van der Waals surface area contributed by atoms with Crippen LogP contribution in [0.3, 0.4) is 0 Å². The van der Waals surface area contributed by atoms with Gasteiger partial charge in [0.2, 0.25) is 5.91 Å². The summed E-state index contributed by atoms with van der Waals surface area (Å²) in [4.78, 5) is 28.5. The summed E-state index contributed by atoms with van der Waals surface area (Å²) in [6, 6.07) is 7.03. The van der Waals surface area contributed by atoms with Crippen LogP contribution in [0.4, 0.5) is 4.79 Å². The number of imidazole rings is 1. The molecule has 1 aromatic heterocycles. The highest BCUT2D eigenvalue weighted by molar-refractivity contribution is 5.78. The van der Waals surface area contributed by atoms with E-state index in [1.165, 1.54) is 0 Å². The van der Waals surface area contributed by atoms with Gasteiger partial charge >= 0.3 is 6.09 Å². The van der Waals surface area contributed by atoms with Crippen LogP contribution in [0.1, 0.15) is 44.6 Å². The Kier molecular flexibility index (Phi) is 7.03. The summed E-state index contributed by atoms with van der Waals surface area (Å²) in [5, 5.41) is 5.57. The number of rotatable bonds is 7. The van der Waals surface area contributed by atoms with Crippen LogP contribution in [-0.2, 0) is 16.6 Å². The van der Waals surface area contributed by atoms with Gasteiger partial charge in [0.25, 0.3) is 0 Å². The molecular formula is C20H28N4O4. The fraction of sp³-hybridized carbons (Fsp3) is 0.450. The van der Waals surface area contributed by atoms with Crippen LogP contribution in [0, 0.1) is 0 Å². The van der Waals surface area contributed by atoms with E-state index in [4.69, 9.17) is 9.47 Å². The van der Waals surface area contributed by atoms with Crippen molar-refractivity contribution in [2.75, 3.05) is 13.7 Å². The first-order valence-corrected chi connectivity index (χ1v) is 9.07. The van der Waals surface area contributed by atoms with Crippen molar-refractivity contribution in [2.24, 2.45) is 7.05 Å². The number of methoxy groups -OCH3 is 1. The molecule has 0 fully saturated rings. The number of carbonyl (C=O) groups is 2. The van der Waals surface area contributed by atoms with E-state index in [9.17, 15) is 9.59 Å². The minimum atomic E-state index is -0.579. The fourth-order valence-corrected chi connectivity index (χ4v) is 2.57. The van der Waals surface area contributed by atoms with E-state index in [0.717, 1.165) is 11.3 Å². The van der Waals surface area contributed by atoms with Crippen LogP contribution in [0.5, 0.6) is 5.75 Å². The van der Waals surface area contributed by atoms with Gasteiger partial charge in [-0.15, -0.1) is 0 Å². The van der Waals surface area contributed by atoms with Gasteiger partial charge in [0.15, 0.2) is 0 Å². The van der Waals surface area contributed by atoms with Crippen LogP contribution in [0.25, 0.3) is 0 Å². The largest absolute Gasteiger partial charge is 0.497 e. The highest BCUT2D eigenvalue weighted by Gasteiger charge is 2.21. The van der Waals surface area contributed by atoms with Crippen molar-refractivity contribution in [3.05, 3.63) is 48.0 Å². The summed E-state index contributed by atoms with van der Waals surface area (Å²) >= 11 is 0. The zero-order valence-corrected chi connectivity index (χ0v) is 17.0. The second kappa shape index (κ2) is 9.25. The first kappa shape index (κ1) is 21.3. The number of carbonyl (C=O) groups excluding carboxylic acids is 2. The van der Waals surface area contributed by atoms with Gasteiger partial charge in [-0.2, -0.15) is 0 Å². The maximum Gasteiger partial charge on any atom is 0.407 e. The third-order valence-electron chi connectivity index (χ3n) is 3.89. The lowest BCUT2D eigenvalue weighted by molar-refractivity contribution is -0.121. The van der Waals surface area contributed by atoms with E-state index in [0.29, 0.717) is 5.82 Å². The summed E-state index contributed by atoms with van der Waals surface area (Å²) in [6.45, 7) is 5.53. The topological polar surface area (TPSA) is 94.5 Å². The molecular weight excluding hydrogens is 360 g/mol. The lowest BCUT2D eigenvalue weighted by Crippen LogP contribution is -2.36. The Morgan fingerprint density at radius 3 is 2.43 bits per heavy atom. The number of hydrogen-bond donors (Lipinski definition) is 2. The molecule has 2 amide bonds. The van der Waals surface area contributed by atoms with E-state index in [2.05, 4.69) is 15.6 Å². The molecule has 8 nitrogen and oxygen atoms in total. The molecule has 0 unspecified atom stereocenters. The Morgan fingerprint density at radius 2 is 1.89 bits per heavy atom.